The van der Waals surface area contributed by atoms with Gasteiger partial charge in [-0.05, 0) is 26.0 Å². The van der Waals surface area contributed by atoms with Crippen molar-refractivity contribution >= 4 is 0 Å². The predicted octanol–water partition coefficient (Wildman–Crippen LogP) is 2.54. The van der Waals surface area contributed by atoms with E-state index in [0.29, 0.717) is 12.2 Å². The van der Waals surface area contributed by atoms with Crippen LogP contribution in [0.25, 0.3) is 11.3 Å². The van der Waals surface area contributed by atoms with E-state index in [9.17, 15) is 8.78 Å². The average Bonchev–Trinajstić information content (AvgIpc) is 2.85. The fourth-order valence-corrected chi connectivity index (χ4v) is 3.01. The summed E-state index contributed by atoms with van der Waals surface area (Å²) >= 11 is 0. The Kier molecular flexibility index (Phi) is 3.97. The van der Waals surface area contributed by atoms with Gasteiger partial charge in [-0.15, -0.1) is 0 Å². The van der Waals surface area contributed by atoms with Crippen LogP contribution in [0.3, 0.4) is 0 Å². The van der Waals surface area contributed by atoms with Gasteiger partial charge >= 0.3 is 0 Å². The van der Waals surface area contributed by atoms with Crippen molar-refractivity contribution in [1.82, 2.24) is 20.4 Å². The van der Waals surface area contributed by atoms with Crippen molar-refractivity contribution < 1.29 is 8.78 Å². The van der Waals surface area contributed by atoms with Gasteiger partial charge in [0.15, 0.2) is 0 Å². The third-order valence-corrected chi connectivity index (χ3v) is 3.98. The normalized spacial score (nSPS) is 18.5. The first-order valence-corrected chi connectivity index (χ1v) is 7.40. The molecule has 1 aliphatic heterocycles. The third-order valence-electron chi connectivity index (χ3n) is 3.98. The minimum atomic E-state index is -0.578. The van der Waals surface area contributed by atoms with Gasteiger partial charge in [0.2, 0.25) is 0 Å². The second-order valence-electron chi connectivity index (χ2n) is 6.39. The topological polar surface area (TPSA) is 44.0 Å². The molecule has 0 saturated carbocycles. The molecule has 2 heterocycles. The number of aromatic nitrogens is 2. The molecule has 0 atom stereocenters. The zero-order valence-electron chi connectivity index (χ0n) is 12.8. The van der Waals surface area contributed by atoms with Crippen LogP contribution in [0.15, 0.2) is 24.4 Å². The summed E-state index contributed by atoms with van der Waals surface area (Å²) in [6.07, 6.45) is 1.65. The molecule has 3 rings (SSSR count). The lowest BCUT2D eigenvalue weighted by Gasteiger charge is -2.39. The lowest BCUT2D eigenvalue weighted by atomic mass is 10.0. The maximum atomic E-state index is 14.0. The molecular formula is C16H20F2N4. The number of nitrogens with one attached hydrogen (secondary N) is 2. The maximum absolute atomic E-state index is 14.0. The Balaban J connectivity index is 1.87. The van der Waals surface area contributed by atoms with Crippen molar-refractivity contribution in [1.29, 1.82) is 0 Å². The summed E-state index contributed by atoms with van der Waals surface area (Å²) in [4.78, 5) is 2.27. The molecule has 0 unspecified atom stereocenters. The molecule has 2 aromatic rings. The minimum Gasteiger partial charge on any atom is -0.309 e. The Hall–Kier alpha value is -1.79. The predicted molar refractivity (Wildman–Crippen MR) is 81.3 cm³/mol. The fourth-order valence-electron chi connectivity index (χ4n) is 3.01. The first-order valence-electron chi connectivity index (χ1n) is 7.40. The van der Waals surface area contributed by atoms with E-state index in [1.807, 2.05) is 0 Å². The molecule has 0 aliphatic carbocycles. The molecule has 0 amide bonds. The molecule has 118 valence electrons. The van der Waals surface area contributed by atoms with Crippen LogP contribution in [0.2, 0.25) is 0 Å². The van der Waals surface area contributed by atoms with Crippen molar-refractivity contribution in [2.75, 3.05) is 19.6 Å². The van der Waals surface area contributed by atoms with Crippen LogP contribution in [0.1, 0.15) is 19.4 Å². The Bertz CT molecular complexity index is 646. The second-order valence-corrected chi connectivity index (χ2v) is 6.39. The summed E-state index contributed by atoms with van der Waals surface area (Å²) in [6, 6.07) is 3.89. The highest BCUT2D eigenvalue weighted by Crippen LogP contribution is 2.28. The zero-order chi connectivity index (χ0) is 15.7. The lowest BCUT2D eigenvalue weighted by molar-refractivity contribution is 0.148. The van der Waals surface area contributed by atoms with Crippen molar-refractivity contribution in [2.45, 2.75) is 25.9 Å². The van der Waals surface area contributed by atoms with E-state index in [2.05, 4.69) is 34.3 Å². The molecule has 4 nitrogen and oxygen atoms in total. The molecule has 1 saturated heterocycles. The van der Waals surface area contributed by atoms with Gasteiger partial charge in [0.05, 0.1) is 17.5 Å². The van der Waals surface area contributed by atoms with Crippen LogP contribution in [0.5, 0.6) is 0 Å². The minimum absolute atomic E-state index is 0.0331. The van der Waals surface area contributed by atoms with Gasteiger partial charge in [0.25, 0.3) is 0 Å². The van der Waals surface area contributed by atoms with Crippen LogP contribution in [-0.2, 0) is 6.54 Å². The number of hydrogen-bond acceptors (Lipinski definition) is 3. The van der Waals surface area contributed by atoms with Gasteiger partial charge in [-0.2, -0.15) is 5.10 Å². The molecule has 0 radical (unpaired) electrons. The molecule has 0 bridgehead atoms. The molecule has 0 spiro atoms. The highest BCUT2D eigenvalue weighted by Gasteiger charge is 2.27. The number of benzene rings is 1. The van der Waals surface area contributed by atoms with Crippen LogP contribution < -0.4 is 5.32 Å². The van der Waals surface area contributed by atoms with Gasteiger partial charge in [-0.3, -0.25) is 10.00 Å². The molecule has 1 aliphatic rings. The van der Waals surface area contributed by atoms with Gasteiger partial charge in [-0.1, -0.05) is 6.07 Å². The van der Waals surface area contributed by atoms with Crippen LogP contribution in [0, 0.1) is 11.6 Å². The van der Waals surface area contributed by atoms with Crippen LogP contribution >= 0.6 is 0 Å². The van der Waals surface area contributed by atoms with E-state index >= 15 is 0 Å². The lowest BCUT2D eigenvalue weighted by Crippen LogP contribution is -2.56. The van der Waals surface area contributed by atoms with Gasteiger partial charge < -0.3 is 5.32 Å². The van der Waals surface area contributed by atoms with Crippen LogP contribution in [-0.4, -0.2) is 40.3 Å². The van der Waals surface area contributed by atoms with Crippen molar-refractivity contribution in [3.05, 3.63) is 41.6 Å². The number of hydrogen-bond donors (Lipinski definition) is 2. The van der Waals surface area contributed by atoms with E-state index in [-0.39, 0.29) is 11.1 Å². The molecule has 22 heavy (non-hydrogen) atoms. The number of nitrogens with zero attached hydrogens (tertiary/aromatic N) is 2. The summed E-state index contributed by atoms with van der Waals surface area (Å²) < 4.78 is 28.0. The largest absolute Gasteiger partial charge is 0.309 e. The maximum Gasteiger partial charge on any atom is 0.135 e. The Morgan fingerprint density at radius 2 is 2.00 bits per heavy atom. The van der Waals surface area contributed by atoms with E-state index in [4.69, 9.17) is 0 Å². The smallest absolute Gasteiger partial charge is 0.135 e. The quantitative estimate of drug-likeness (QED) is 0.916. The Morgan fingerprint density at radius 3 is 2.68 bits per heavy atom. The molecular weight excluding hydrogens is 286 g/mol. The molecule has 2 N–H and O–H groups in total. The van der Waals surface area contributed by atoms with E-state index < -0.39 is 11.6 Å². The second kappa shape index (κ2) is 5.78. The highest BCUT2D eigenvalue weighted by molar-refractivity contribution is 5.64. The molecule has 1 fully saturated rings. The summed E-state index contributed by atoms with van der Waals surface area (Å²) in [5.74, 6) is -1.16. The summed E-state index contributed by atoms with van der Waals surface area (Å²) in [6.45, 7) is 7.57. The van der Waals surface area contributed by atoms with E-state index in [0.717, 1.165) is 25.2 Å². The van der Waals surface area contributed by atoms with Gasteiger partial charge in [-0.25, -0.2) is 8.78 Å². The monoisotopic (exact) mass is 306 g/mol. The van der Waals surface area contributed by atoms with Crippen molar-refractivity contribution in [2.24, 2.45) is 0 Å². The average molecular weight is 306 g/mol. The first-order chi connectivity index (χ1) is 10.5. The number of H-pyrrole nitrogens is 1. The number of piperazine rings is 1. The van der Waals surface area contributed by atoms with E-state index in [1.165, 1.54) is 18.2 Å². The number of halogens is 2. The molecule has 6 heteroatoms. The standard InChI is InChI=1S/C16H20F2N4/c1-16(2)10-22(7-6-19-16)9-11-8-20-21-15(11)14-12(17)4-3-5-13(14)18/h3-5,8,19H,6-7,9-10H2,1-2H3,(H,20,21). The molecule has 1 aromatic heterocycles. The third kappa shape index (κ3) is 3.03. The summed E-state index contributed by atoms with van der Waals surface area (Å²) in [5, 5.41) is 10.2. The zero-order valence-corrected chi connectivity index (χ0v) is 12.8. The highest BCUT2D eigenvalue weighted by atomic mass is 19.1. The summed E-state index contributed by atoms with van der Waals surface area (Å²) in [7, 11) is 0. The Morgan fingerprint density at radius 1 is 1.27 bits per heavy atom. The van der Waals surface area contributed by atoms with Gasteiger partial charge in [0, 0.05) is 37.3 Å². The van der Waals surface area contributed by atoms with Crippen molar-refractivity contribution in [3.8, 4) is 11.3 Å². The SMILES string of the molecule is CC1(C)CN(Cc2cn[nH]c2-c2c(F)cccc2F)CCN1. The van der Waals surface area contributed by atoms with E-state index in [1.54, 1.807) is 6.20 Å². The Labute approximate surface area is 128 Å². The number of rotatable bonds is 3. The summed E-state index contributed by atoms with van der Waals surface area (Å²) in [5.41, 5.74) is 1.23. The fraction of sp³-hybridized carbons (Fsp3) is 0.438. The van der Waals surface area contributed by atoms with Crippen molar-refractivity contribution in [3.63, 3.8) is 0 Å². The van der Waals surface area contributed by atoms with Crippen LogP contribution in [0.4, 0.5) is 8.78 Å². The first kappa shape index (κ1) is 15.1. The number of aromatic amines is 1. The van der Waals surface area contributed by atoms with Gasteiger partial charge in [0.1, 0.15) is 11.6 Å². The molecule has 1 aromatic carbocycles.